The molecule has 0 spiro atoms. The minimum Gasteiger partial charge on any atom is -0.481 e. The number of carbonyl (C=O) groups excluding carboxylic acids is 1. The van der Waals surface area contributed by atoms with Crippen LogP contribution in [0.25, 0.3) is 0 Å². The minimum absolute atomic E-state index is 0.0194. The van der Waals surface area contributed by atoms with Crippen LogP contribution < -0.4 is 4.90 Å². The molecule has 1 amide bonds. The van der Waals surface area contributed by atoms with Crippen LogP contribution >= 0.6 is 11.6 Å². The van der Waals surface area contributed by atoms with Gasteiger partial charge in [-0.05, 0) is 24.3 Å². The topological polar surface area (TPSA) is 57.6 Å². The maximum Gasteiger partial charge on any atom is 0.306 e. The molecule has 0 saturated carbocycles. The highest BCUT2D eigenvalue weighted by Crippen LogP contribution is 2.18. The van der Waals surface area contributed by atoms with Crippen LogP contribution in [-0.4, -0.2) is 24.0 Å². The van der Waals surface area contributed by atoms with Crippen LogP contribution in [0.3, 0.4) is 0 Å². The molecule has 0 saturated heterocycles. The van der Waals surface area contributed by atoms with Crippen LogP contribution in [0.4, 0.5) is 5.69 Å². The predicted molar refractivity (Wildman–Crippen MR) is 66.3 cm³/mol. The number of rotatable bonds is 4. The maximum absolute atomic E-state index is 11.8. The van der Waals surface area contributed by atoms with Gasteiger partial charge in [0.15, 0.2) is 0 Å². The molecule has 1 aromatic rings. The lowest BCUT2D eigenvalue weighted by Crippen LogP contribution is -2.29. The summed E-state index contributed by atoms with van der Waals surface area (Å²) in [6, 6.07) is 6.79. The SMILES string of the molecule is CC(CC(=O)N(C)c1ccc(Cl)cc1)C(=O)O. The van der Waals surface area contributed by atoms with Crippen molar-refractivity contribution in [2.24, 2.45) is 5.92 Å². The van der Waals surface area contributed by atoms with Gasteiger partial charge in [0.1, 0.15) is 0 Å². The van der Waals surface area contributed by atoms with Crippen molar-refractivity contribution in [3.63, 3.8) is 0 Å². The fourth-order valence-electron chi connectivity index (χ4n) is 1.29. The summed E-state index contributed by atoms with van der Waals surface area (Å²) in [6.07, 6.45) is -0.0194. The molecule has 1 unspecified atom stereocenters. The molecule has 0 aliphatic rings. The Morgan fingerprint density at radius 3 is 2.35 bits per heavy atom. The van der Waals surface area contributed by atoms with E-state index in [1.807, 2.05) is 0 Å². The summed E-state index contributed by atoms with van der Waals surface area (Å²) in [7, 11) is 1.61. The number of aliphatic carboxylic acids is 1. The van der Waals surface area contributed by atoms with E-state index in [4.69, 9.17) is 16.7 Å². The number of carbonyl (C=O) groups is 2. The number of hydrogen-bond acceptors (Lipinski definition) is 2. The number of anilines is 1. The number of hydrogen-bond donors (Lipinski definition) is 1. The van der Waals surface area contributed by atoms with E-state index in [9.17, 15) is 9.59 Å². The lowest BCUT2D eigenvalue weighted by molar-refractivity contribution is -0.143. The van der Waals surface area contributed by atoms with Crippen LogP contribution in [-0.2, 0) is 9.59 Å². The Bertz CT molecular complexity index is 416. The van der Waals surface area contributed by atoms with Crippen LogP contribution in [0.2, 0.25) is 5.02 Å². The second-order valence-corrected chi connectivity index (χ2v) is 4.31. The van der Waals surface area contributed by atoms with Crippen molar-refractivity contribution in [3.05, 3.63) is 29.3 Å². The molecule has 17 heavy (non-hydrogen) atoms. The molecule has 1 atom stereocenters. The van der Waals surface area contributed by atoms with Gasteiger partial charge in [-0.15, -0.1) is 0 Å². The smallest absolute Gasteiger partial charge is 0.306 e. The first-order chi connectivity index (χ1) is 7.91. The minimum atomic E-state index is -0.970. The molecule has 0 bridgehead atoms. The Morgan fingerprint density at radius 2 is 1.88 bits per heavy atom. The van der Waals surface area contributed by atoms with Crippen molar-refractivity contribution >= 4 is 29.2 Å². The van der Waals surface area contributed by atoms with Crippen LogP contribution in [0.1, 0.15) is 13.3 Å². The third-order valence-corrected chi connectivity index (χ3v) is 2.74. The van der Waals surface area contributed by atoms with Gasteiger partial charge in [0.2, 0.25) is 5.91 Å². The fraction of sp³-hybridized carbons (Fsp3) is 0.333. The number of benzene rings is 1. The van der Waals surface area contributed by atoms with E-state index in [2.05, 4.69) is 0 Å². The highest BCUT2D eigenvalue weighted by Gasteiger charge is 2.19. The highest BCUT2D eigenvalue weighted by atomic mass is 35.5. The van der Waals surface area contributed by atoms with E-state index < -0.39 is 11.9 Å². The second-order valence-electron chi connectivity index (χ2n) is 3.87. The van der Waals surface area contributed by atoms with Gasteiger partial charge >= 0.3 is 5.97 Å². The summed E-state index contributed by atoms with van der Waals surface area (Å²) in [5, 5.41) is 9.32. The molecule has 1 N–H and O–H groups in total. The number of carboxylic acids is 1. The zero-order valence-electron chi connectivity index (χ0n) is 9.68. The highest BCUT2D eigenvalue weighted by molar-refractivity contribution is 6.30. The van der Waals surface area contributed by atoms with Crippen LogP contribution in [0.5, 0.6) is 0 Å². The largest absolute Gasteiger partial charge is 0.481 e. The number of halogens is 1. The lowest BCUT2D eigenvalue weighted by atomic mass is 10.1. The average molecular weight is 256 g/mol. The zero-order chi connectivity index (χ0) is 13.0. The van der Waals surface area contributed by atoms with Crippen molar-refractivity contribution in [1.82, 2.24) is 0 Å². The maximum atomic E-state index is 11.8. The molecule has 0 radical (unpaired) electrons. The van der Waals surface area contributed by atoms with Crippen molar-refractivity contribution in [1.29, 1.82) is 0 Å². The van der Waals surface area contributed by atoms with Gasteiger partial charge in [-0.25, -0.2) is 0 Å². The van der Waals surface area contributed by atoms with Crippen molar-refractivity contribution in [3.8, 4) is 0 Å². The lowest BCUT2D eigenvalue weighted by Gasteiger charge is -2.18. The average Bonchev–Trinajstić information content (AvgIpc) is 2.28. The fourth-order valence-corrected chi connectivity index (χ4v) is 1.42. The van der Waals surface area contributed by atoms with Crippen molar-refractivity contribution < 1.29 is 14.7 Å². The molecule has 1 rings (SSSR count). The molecule has 0 aliphatic carbocycles. The van der Waals surface area contributed by atoms with Gasteiger partial charge < -0.3 is 10.0 Å². The third kappa shape index (κ3) is 3.75. The Labute approximate surface area is 105 Å². The first kappa shape index (κ1) is 13.5. The van der Waals surface area contributed by atoms with Crippen LogP contribution in [0.15, 0.2) is 24.3 Å². The summed E-state index contributed by atoms with van der Waals surface area (Å²) in [6.45, 7) is 1.51. The van der Waals surface area contributed by atoms with Crippen LogP contribution in [0, 0.1) is 5.92 Å². The van der Waals surface area contributed by atoms with E-state index in [0.717, 1.165) is 0 Å². The molecular formula is C12H14ClNO3. The Balaban J connectivity index is 2.70. The Kier molecular flexibility index (Phi) is 4.52. The predicted octanol–water partition coefficient (Wildman–Crippen LogP) is 2.41. The normalized spacial score (nSPS) is 11.9. The molecule has 4 nitrogen and oxygen atoms in total. The first-order valence-corrected chi connectivity index (χ1v) is 5.54. The van der Waals surface area contributed by atoms with Gasteiger partial charge in [-0.3, -0.25) is 9.59 Å². The molecule has 0 heterocycles. The van der Waals surface area contributed by atoms with Gasteiger partial charge in [-0.2, -0.15) is 0 Å². The first-order valence-electron chi connectivity index (χ1n) is 5.16. The van der Waals surface area contributed by atoms with Crippen molar-refractivity contribution in [2.45, 2.75) is 13.3 Å². The van der Waals surface area contributed by atoms with E-state index in [1.54, 1.807) is 31.3 Å². The van der Waals surface area contributed by atoms with Gasteiger partial charge in [-0.1, -0.05) is 18.5 Å². The molecule has 0 aromatic heterocycles. The molecule has 5 heteroatoms. The zero-order valence-corrected chi connectivity index (χ0v) is 10.4. The second kappa shape index (κ2) is 5.68. The summed E-state index contributed by atoms with van der Waals surface area (Å²) in [5.41, 5.74) is 0.692. The van der Waals surface area contributed by atoms with E-state index in [0.29, 0.717) is 10.7 Å². The summed E-state index contributed by atoms with van der Waals surface area (Å²) < 4.78 is 0. The van der Waals surface area contributed by atoms with Crippen molar-refractivity contribution in [2.75, 3.05) is 11.9 Å². The molecule has 1 aromatic carbocycles. The molecule has 0 fully saturated rings. The van der Waals surface area contributed by atoms with Gasteiger partial charge in [0, 0.05) is 24.2 Å². The standard InChI is InChI=1S/C12H14ClNO3/c1-8(12(16)17)7-11(15)14(2)10-5-3-9(13)4-6-10/h3-6,8H,7H2,1-2H3,(H,16,17). The number of carboxylic acid groups (broad SMARTS) is 1. The van der Waals surface area contributed by atoms with Gasteiger partial charge in [0.25, 0.3) is 0 Å². The van der Waals surface area contributed by atoms with E-state index in [-0.39, 0.29) is 12.3 Å². The Morgan fingerprint density at radius 1 is 1.35 bits per heavy atom. The van der Waals surface area contributed by atoms with E-state index in [1.165, 1.54) is 11.8 Å². The summed E-state index contributed by atoms with van der Waals surface area (Å²) in [4.78, 5) is 23.8. The molecular weight excluding hydrogens is 242 g/mol. The summed E-state index contributed by atoms with van der Waals surface area (Å²) >= 11 is 5.74. The number of nitrogens with zero attached hydrogens (tertiary/aromatic N) is 1. The molecule has 0 aliphatic heterocycles. The quantitative estimate of drug-likeness (QED) is 0.899. The number of amides is 1. The van der Waals surface area contributed by atoms with E-state index >= 15 is 0 Å². The third-order valence-electron chi connectivity index (χ3n) is 2.49. The monoisotopic (exact) mass is 255 g/mol. The molecule has 92 valence electrons. The Hall–Kier alpha value is -1.55. The van der Waals surface area contributed by atoms with Gasteiger partial charge in [0.05, 0.1) is 5.92 Å². The summed E-state index contributed by atoms with van der Waals surface area (Å²) in [5.74, 6) is -1.89.